The van der Waals surface area contributed by atoms with Gasteiger partial charge in [0, 0.05) is 31.1 Å². The monoisotopic (exact) mass is 405 g/mol. The van der Waals surface area contributed by atoms with Crippen molar-refractivity contribution in [2.24, 2.45) is 5.92 Å². The van der Waals surface area contributed by atoms with Crippen LogP contribution in [0.3, 0.4) is 0 Å². The number of nitrogens with zero attached hydrogens (tertiary/aromatic N) is 3. The number of anilines is 1. The standard InChI is InChI=1S/C25H31N3O2/c1-18(2)24(29)28(16-20-12-8-6-9-13-20)17-22-23(21-14-10-7-11-15-21)26-30-25(22)27(5)19(3)4/h6-15,18-19H,16-17H2,1-5H3. The molecule has 0 N–H and O–H groups in total. The van der Waals surface area contributed by atoms with E-state index in [9.17, 15) is 4.79 Å². The summed E-state index contributed by atoms with van der Waals surface area (Å²) in [5.41, 5.74) is 3.80. The van der Waals surface area contributed by atoms with Crippen LogP contribution in [0.1, 0.15) is 38.8 Å². The Labute approximate surface area is 179 Å². The summed E-state index contributed by atoms with van der Waals surface area (Å²) in [7, 11) is 2.00. The van der Waals surface area contributed by atoms with Crippen LogP contribution >= 0.6 is 0 Å². The minimum absolute atomic E-state index is 0.0972. The summed E-state index contributed by atoms with van der Waals surface area (Å²) in [4.78, 5) is 17.1. The summed E-state index contributed by atoms with van der Waals surface area (Å²) in [6, 6.07) is 20.3. The topological polar surface area (TPSA) is 49.6 Å². The Kier molecular flexibility index (Phi) is 6.93. The van der Waals surface area contributed by atoms with Gasteiger partial charge in [0.05, 0.1) is 12.1 Å². The SMILES string of the molecule is CC(C)C(=O)N(Cc1ccccc1)Cc1c(-c2ccccc2)noc1N(C)C(C)C. The molecule has 0 spiro atoms. The average Bonchev–Trinajstić information content (AvgIpc) is 3.16. The van der Waals surface area contributed by atoms with E-state index >= 15 is 0 Å². The highest BCUT2D eigenvalue weighted by Crippen LogP contribution is 2.33. The lowest BCUT2D eigenvalue weighted by Crippen LogP contribution is -2.34. The van der Waals surface area contributed by atoms with Gasteiger partial charge in [-0.2, -0.15) is 0 Å². The fourth-order valence-corrected chi connectivity index (χ4v) is 3.35. The lowest BCUT2D eigenvalue weighted by molar-refractivity contribution is -0.135. The Morgan fingerprint density at radius 3 is 2.10 bits per heavy atom. The van der Waals surface area contributed by atoms with Crippen LogP contribution in [0.4, 0.5) is 5.88 Å². The van der Waals surface area contributed by atoms with Crippen LogP contribution in [0.15, 0.2) is 65.2 Å². The Balaban J connectivity index is 2.03. The summed E-state index contributed by atoms with van der Waals surface area (Å²) < 4.78 is 5.80. The fourth-order valence-electron chi connectivity index (χ4n) is 3.35. The van der Waals surface area contributed by atoms with Crippen molar-refractivity contribution in [2.45, 2.75) is 46.8 Å². The van der Waals surface area contributed by atoms with Gasteiger partial charge in [0.2, 0.25) is 11.8 Å². The molecule has 0 aliphatic heterocycles. The summed E-state index contributed by atoms with van der Waals surface area (Å²) in [5.74, 6) is 0.718. The molecule has 1 aromatic heterocycles. The first-order valence-corrected chi connectivity index (χ1v) is 10.5. The Hall–Kier alpha value is -3.08. The van der Waals surface area contributed by atoms with Crippen molar-refractivity contribution in [2.75, 3.05) is 11.9 Å². The maximum Gasteiger partial charge on any atom is 0.232 e. The summed E-state index contributed by atoms with van der Waals surface area (Å²) >= 11 is 0. The van der Waals surface area contributed by atoms with Crippen LogP contribution in [0, 0.1) is 5.92 Å². The second kappa shape index (κ2) is 9.61. The van der Waals surface area contributed by atoms with Gasteiger partial charge in [-0.1, -0.05) is 79.7 Å². The largest absolute Gasteiger partial charge is 0.341 e. The number of hydrogen-bond acceptors (Lipinski definition) is 4. The second-order valence-electron chi connectivity index (χ2n) is 8.22. The van der Waals surface area contributed by atoms with Gasteiger partial charge in [-0.15, -0.1) is 0 Å². The molecule has 0 radical (unpaired) electrons. The van der Waals surface area contributed by atoms with Crippen LogP contribution in [-0.4, -0.2) is 29.1 Å². The van der Waals surface area contributed by atoms with Crippen molar-refractivity contribution in [1.29, 1.82) is 0 Å². The Morgan fingerprint density at radius 2 is 1.53 bits per heavy atom. The molecule has 1 amide bonds. The van der Waals surface area contributed by atoms with Gasteiger partial charge in [0.15, 0.2) is 0 Å². The van der Waals surface area contributed by atoms with Crippen LogP contribution in [0.5, 0.6) is 0 Å². The first-order valence-electron chi connectivity index (χ1n) is 10.5. The fraction of sp³-hybridized carbons (Fsp3) is 0.360. The number of rotatable bonds is 8. The first kappa shape index (κ1) is 21.6. The number of carbonyl (C=O) groups is 1. The lowest BCUT2D eigenvalue weighted by atomic mass is 10.0. The van der Waals surface area contributed by atoms with Crippen LogP contribution in [0.25, 0.3) is 11.3 Å². The molecule has 2 aromatic carbocycles. The molecule has 5 heteroatoms. The zero-order valence-electron chi connectivity index (χ0n) is 18.5. The molecule has 0 saturated heterocycles. The van der Waals surface area contributed by atoms with E-state index in [1.807, 2.05) is 86.5 Å². The van der Waals surface area contributed by atoms with E-state index in [0.29, 0.717) is 19.0 Å². The predicted octanol–water partition coefficient (Wildman–Crippen LogP) is 5.37. The van der Waals surface area contributed by atoms with Crippen molar-refractivity contribution in [3.8, 4) is 11.3 Å². The van der Waals surface area contributed by atoms with Crippen molar-refractivity contribution < 1.29 is 9.32 Å². The Bertz CT molecular complexity index is 949. The van der Waals surface area contributed by atoms with E-state index in [2.05, 4.69) is 23.9 Å². The van der Waals surface area contributed by atoms with Gasteiger partial charge in [0.25, 0.3) is 0 Å². The number of amides is 1. The minimum Gasteiger partial charge on any atom is -0.341 e. The van der Waals surface area contributed by atoms with Gasteiger partial charge >= 0.3 is 0 Å². The van der Waals surface area contributed by atoms with Crippen molar-refractivity contribution in [1.82, 2.24) is 10.1 Å². The molecule has 1 heterocycles. The zero-order valence-corrected chi connectivity index (χ0v) is 18.5. The van der Waals surface area contributed by atoms with Gasteiger partial charge in [-0.05, 0) is 19.4 Å². The Morgan fingerprint density at radius 1 is 0.933 bits per heavy atom. The molecule has 30 heavy (non-hydrogen) atoms. The number of aromatic nitrogens is 1. The molecule has 0 fully saturated rings. The van der Waals surface area contributed by atoms with Crippen LogP contribution in [-0.2, 0) is 17.9 Å². The van der Waals surface area contributed by atoms with Crippen molar-refractivity contribution in [3.63, 3.8) is 0 Å². The second-order valence-corrected chi connectivity index (χ2v) is 8.22. The third-order valence-electron chi connectivity index (χ3n) is 5.28. The number of benzene rings is 2. The van der Waals surface area contributed by atoms with E-state index in [1.165, 1.54) is 0 Å². The summed E-state index contributed by atoms with van der Waals surface area (Å²) in [6.45, 7) is 9.07. The maximum atomic E-state index is 13.1. The van der Waals surface area contributed by atoms with Crippen molar-refractivity contribution >= 4 is 11.8 Å². The average molecular weight is 406 g/mol. The summed E-state index contributed by atoms with van der Waals surface area (Å²) in [5, 5.41) is 4.40. The molecule has 3 rings (SSSR count). The van der Waals surface area contributed by atoms with E-state index in [0.717, 1.165) is 22.4 Å². The zero-order chi connectivity index (χ0) is 21.7. The lowest BCUT2D eigenvalue weighted by Gasteiger charge is -2.27. The molecule has 5 nitrogen and oxygen atoms in total. The third kappa shape index (κ3) is 4.90. The van der Waals surface area contributed by atoms with Crippen LogP contribution < -0.4 is 4.90 Å². The maximum absolute atomic E-state index is 13.1. The first-order chi connectivity index (χ1) is 14.4. The third-order valence-corrected chi connectivity index (χ3v) is 5.28. The van der Waals surface area contributed by atoms with Crippen molar-refractivity contribution in [3.05, 3.63) is 71.8 Å². The minimum atomic E-state index is -0.0972. The molecule has 0 bridgehead atoms. The highest BCUT2D eigenvalue weighted by molar-refractivity contribution is 5.79. The van der Waals surface area contributed by atoms with Gasteiger partial charge in [0.1, 0.15) is 5.69 Å². The van der Waals surface area contributed by atoms with E-state index in [4.69, 9.17) is 4.52 Å². The quantitative estimate of drug-likeness (QED) is 0.505. The molecule has 0 saturated carbocycles. The predicted molar refractivity (Wildman–Crippen MR) is 121 cm³/mol. The molecular weight excluding hydrogens is 374 g/mol. The van der Waals surface area contributed by atoms with E-state index in [-0.39, 0.29) is 17.9 Å². The molecule has 0 unspecified atom stereocenters. The van der Waals surface area contributed by atoms with Gasteiger partial charge in [-0.3, -0.25) is 4.79 Å². The van der Waals surface area contributed by atoms with Gasteiger partial charge < -0.3 is 14.3 Å². The normalized spacial score (nSPS) is 11.2. The van der Waals surface area contributed by atoms with Crippen LogP contribution in [0.2, 0.25) is 0 Å². The van der Waals surface area contributed by atoms with E-state index in [1.54, 1.807) is 0 Å². The summed E-state index contributed by atoms with van der Waals surface area (Å²) in [6.07, 6.45) is 0. The number of hydrogen-bond donors (Lipinski definition) is 0. The van der Waals surface area contributed by atoms with E-state index < -0.39 is 0 Å². The molecule has 0 atom stereocenters. The smallest absolute Gasteiger partial charge is 0.232 e. The molecular formula is C25H31N3O2. The highest BCUT2D eigenvalue weighted by Gasteiger charge is 2.26. The molecule has 3 aromatic rings. The highest BCUT2D eigenvalue weighted by atomic mass is 16.5. The molecule has 0 aliphatic rings. The number of carbonyl (C=O) groups excluding carboxylic acids is 1. The molecule has 0 aliphatic carbocycles. The molecule has 158 valence electrons. The van der Waals surface area contributed by atoms with Gasteiger partial charge in [-0.25, -0.2) is 0 Å².